The van der Waals surface area contributed by atoms with Crippen molar-refractivity contribution < 1.29 is 13.5 Å². The van der Waals surface area contributed by atoms with E-state index < -0.39 is 20.7 Å². The van der Waals surface area contributed by atoms with E-state index in [1.165, 1.54) is 25.2 Å². The van der Waals surface area contributed by atoms with Crippen LogP contribution in [0.2, 0.25) is 4.34 Å². The van der Waals surface area contributed by atoms with Crippen LogP contribution in [0.4, 0.5) is 0 Å². The summed E-state index contributed by atoms with van der Waals surface area (Å²) in [7, 11) is -3.36. The van der Waals surface area contributed by atoms with Gasteiger partial charge in [-0.15, -0.1) is 11.3 Å². The van der Waals surface area contributed by atoms with E-state index in [1.54, 1.807) is 6.07 Å². The molecule has 1 unspecified atom stereocenters. The Labute approximate surface area is 112 Å². The van der Waals surface area contributed by atoms with E-state index in [1.807, 2.05) is 0 Å². The van der Waals surface area contributed by atoms with E-state index in [9.17, 15) is 13.5 Å². The van der Waals surface area contributed by atoms with Gasteiger partial charge in [0, 0.05) is 15.6 Å². The molecule has 1 aromatic heterocycles. The Morgan fingerprint density at radius 1 is 1.56 bits per heavy atom. The average Bonchev–Trinajstić information content (AvgIpc) is 2.43. The van der Waals surface area contributed by atoms with Gasteiger partial charge in [0.2, 0.25) is 0 Å². The van der Waals surface area contributed by atoms with Crippen molar-refractivity contribution in [1.29, 1.82) is 0 Å². The predicted octanol–water partition coefficient (Wildman–Crippen LogP) is 3.02. The fourth-order valence-corrected chi connectivity index (χ4v) is 3.56. The van der Waals surface area contributed by atoms with Crippen molar-refractivity contribution in [2.45, 2.75) is 24.7 Å². The van der Waals surface area contributed by atoms with Gasteiger partial charge in [0.05, 0.1) is 4.75 Å². The van der Waals surface area contributed by atoms with E-state index >= 15 is 0 Å². The SMILES string of the molecule is CC(C)(C(O)c1cc(Br)c(Cl)s1)S(C)(=O)=O. The van der Waals surface area contributed by atoms with Gasteiger partial charge in [0.25, 0.3) is 0 Å². The van der Waals surface area contributed by atoms with Crippen LogP contribution in [0.1, 0.15) is 24.8 Å². The van der Waals surface area contributed by atoms with Crippen molar-refractivity contribution in [3.63, 3.8) is 0 Å². The molecular formula is C9H12BrClO3S2. The van der Waals surface area contributed by atoms with Crippen molar-refractivity contribution in [2.24, 2.45) is 0 Å². The molecule has 0 aliphatic heterocycles. The molecule has 0 aliphatic carbocycles. The van der Waals surface area contributed by atoms with E-state index in [2.05, 4.69) is 15.9 Å². The number of halogens is 2. The summed E-state index contributed by atoms with van der Waals surface area (Å²) < 4.78 is 23.0. The van der Waals surface area contributed by atoms with Crippen LogP contribution in [0.15, 0.2) is 10.5 Å². The van der Waals surface area contributed by atoms with Gasteiger partial charge in [-0.1, -0.05) is 11.6 Å². The zero-order chi connectivity index (χ0) is 12.7. The highest BCUT2D eigenvalue weighted by Crippen LogP contribution is 2.40. The standard InChI is InChI=1S/C9H12BrClO3S2/c1-9(2,16(3,13)14)7(12)6-4-5(10)8(11)15-6/h4,7,12H,1-3H3. The van der Waals surface area contributed by atoms with Crippen molar-refractivity contribution in [3.05, 3.63) is 19.8 Å². The topological polar surface area (TPSA) is 54.4 Å². The first-order valence-electron chi connectivity index (χ1n) is 4.39. The lowest BCUT2D eigenvalue weighted by atomic mass is 10.1. The van der Waals surface area contributed by atoms with Gasteiger partial charge in [-0.05, 0) is 35.8 Å². The first-order chi connectivity index (χ1) is 7.07. The molecule has 7 heteroatoms. The molecule has 1 N–H and O–H groups in total. The molecule has 0 saturated heterocycles. The van der Waals surface area contributed by atoms with Gasteiger partial charge in [0.15, 0.2) is 9.84 Å². The van der Waals surface area contributed by atoms with Crippen molar-refractivity contribution in [3.8, 4) is 0 Å². The number of thiophene rings is 1. The molecule has 1 rings (SSSR count). The smallest absolute Gasteiger partial charge is 0.155 e. The molecule has 0 spiro atoms. The van der Waals surface area contributed by atoms with Crippen LogP contribution in [0.5, 0.6) is 0 Å². The van der Waals surface area contributed by atoms with E-state index in [4.69, 9.17) is 11.6 Å². The molecule has 1 aromatic rings. The number of sulfone groups is 1. The molecule has 0 aromatic carbocycles. The molecule has 16 heavy (non-hydrogen) atoms. The van der Waals surface area contributed by atoms with Crippen LogP contribution in [-0.4, -0.2) is 24.5 Å². The number of aliphatic hydroxyl groups is 1. The third-order valence-electron chi connectivity index (χ3n) is 2.55. The lowest BCUT2D eigenvalue weighted by molar-refractivity contribution is 0.143. The summed E-state index contributed by atoms with van der Waals surface area (Å²) in [5.41, 5.74) is 0. The van der Waals surface area contributed by atoms with Crippen molar-refractivity contribution in [1.82, 2.24) is 0 Å². The van der Waals surface area contributed by atoms with E-state index in [0.717, 1.165) is 6.26 Å². The Hall–Kier alpha value is 0.380. The maximum absolute atomic E-state index is 11.6. The van der Waals surface area contributed by atoms with Gasteiger partial charge in [-0.3, -0.25) is 0 Å². The molecule has 0 aliphatic rings. The summed E-state index contributed by atoms with van der Waals surface area (Å²) in [5, 5.41) is 10.1. The van der Waals surface area contributed by atoms with E-state index in [-0.39, 0.29) is 0 Å². The minimum Gasteiger partial charge on any atom is -0.386 e. The quantitative estimate of drug-likeness (QED) is 0.914. The Morgan fingerprint density at radius 2 is 2.06 bits per heavy atom. The number of hydrogen-bond acceptors (Lipinski definition) is 4. The molecule has 0 saturated carbocycles. The van der Waals surface area contributed by atoms with Crippen LogP contribution >= 0.6 is 38.9 Å². The Balaban J connectivity index is 3.17. The molecule has 0 amide bonds. The van der Waals surface area contributed by atoms with E-state index in [0.29, 0.717) is 13.7 Å². The highest BCUT2D eigenvalue weighted by atomic mass is 79.9. The molecule has 0 radical (unpaired) electrons. The first kappa shape index (κ1) is 14.4. The van der Waals surface area contributed by atoms with Crippen LogP contribution in [-0.2, 0) is 9.84 Å². The highest BCUT2D eigenvalue weighted by molar-refractivity contribution is 9.10. The largest absolute Gasteiger partial charge is 0.386 e. The Bertz CT molecular complexity index is 473. The molecule has 0 fully saturated rings. The number of rotatable bonds is 3. The minimum atomic E-state index is -3.36. The zero-order valence-corrected chi connectivity index (χ0v) is 13.0. The molecular weight excluding hydrogens is 336 g/mol. The summed E-state index contributed by atoms with van der Waals surface area (Å²) >= 11 is 10.2. The van der Waals surface area contributed by atoms with Gasteiger partial charge >= 0.3 is 0 Å². The van der Waals surface area contributed by atoms with Gasteiger partial charge in [0.1, 0.15) is 10.4 Å². The summed E-state index contributed by atoms with van der Waals surface area (Å²) in [4.78, 5) is 0.535. The summed E-state index contributed by atoms with van der Waals surface area (Å²) in [6.07, 6.45) is 0.0248. The first-order valence-corrected chi connectivity index (χ1v) is 8.27. The predicted molar refractivity (Wildman–Crippen MR) is 70.9 cm³/mol. The fourth-order valence-electron chi connectivity index (χ4n) is 1.04. The molecule has 3 nitrogen and oxygen atoms in total. The summed E-state index contributed by atoms with van der Waals surface area (Å²) in [6.45, 7) is 2.99. The van der Waals surface area contributed by atoms with Crippen molar-refractivity contribution in [2.75, 3.05) is 6.26 Å². The second kappa shape index (κ2) is 4.57. The average molecular weight is 348 g/mol. The van der Waals surface area contributed by atoms with Crippen LogP contribution in [0, 0.1) is 0 Å². The number of hydrogen-bond donors (Lipinski definition) is 1. The van der Waals surface area contributed by atoms with Gasteiger partial charge in [-0.2, -0.15) is 0 Å². The Morgan fingerprint density at radius 3 is 2.38 bits per heavy atom. The third kappa shape index (κ3) is 2.61. The zero-order valence-electron chi connectivity index (χ0n) is 8.99. The van der Waals surface area contributed by atoms with Crippen LogP contribution < -0.4 is 0 Å². The van der Waals surface area contributed by atoms with Crippen LogP contribution in [0.3, 0.4) is 0 Å². The lowest BCUT2D eigenvalue weighted by Gasteiger charge is -2.27. The monoisotopic (exact) mass is 346 g/mol. The Kier molecular flexibility index (Phi) is 4.12. The normalized spacial score (nSPS) is 15.1. The van der Waals surface area contributed by atoms with Crippen LogP contribution in [0.25, 0.3) is 0 Å². The lowest BCUT2D eigenvalue weighted by Crippen LogP contribution is -2.37. The molecule has 92 valence electrons. The third-order valence-corrected chi connectivity index (χ3v) is 7.21. The van der Waals surface area contributed by atoms with Gasteiger partial charge < -0.3 is 5.11 Å². The van der Waals surface area contributed by atoms with Gasteiger partial charge in [-0.25, -0.2) is 8.42 Å². The maximum atomic E-state index is 11.6. The number of aliphatic hydroxyl groups excluding tert-OH is 1. The molecule has 1 atom stereocenters. The summed E-state index contributed by atoms with van der Waals surface area (Å²) in [5.74, 6) is 0. The second-order valence-electron chi connectivity index (χ2n) is 4.05. The summed E-state index contributed by atoms with van der Waals surface area (Å²) in [6, 6.07) is 1.64. The molecule has 1 heterocycles. The fraction of sp³-hybridized carbons (Fsp3) is 0.556. The highest BCUT2D eigenvalue weighted by Gasteiger charge is 2.39. The van der Waals surface area contributed by atoms with Crippen molar-refractivity contribution >= 4 is 48.7 Å². The maximum Gasteiger partial charge on any atom is 0.155 e. The minimum absolute atomic E-state index is 0.498. The molecule has 0 bridgehead atoms. The second-order valence-corrected chi connectivity index (χ2v) is 9.19.